The molecule has 0 saturated heterocycles. The zero-order valence-corrected chi connectivity index (χ0v) is 13.1. The maximum absolute atomic E-state index is 3.91. The molecule has 0 aromatic carbocycles. The van der Waals surface area contributed by atoms with Gasteiger partial charge in [-0.3, -0.25) is 0 Å². The van der Waals surface area contributed by atoms with Gasteiger partial charge < -0.3 is 0 Å². The molecule has 0 fully saturated rings. The predicted octanol–water partition coefficient (Wildman–Crippen LogP) is 6.62. The van der Waals surface area contributed by atoms with Gasteiger partial charge in [-0.25, -0.2) is 0 Å². The van der Waals surface area contributed by atoms with Gasteiger partial charge in [0.2, 0.25) is 0 Å². The van der Waals surface area contributed by atoms with Gasteiger partial charge >= 0.3 is 0 Å². The lowest BCUT2D eigenvalue weighted by molar-refractivity contribution is 0.702. The van der Waals surface area contributed by atoms with Crippen LogP contribution >= 0.6 is 0 Å². The number of rotatable bonds is 7. The van der Waals surface area contributed by atoms with Crippen LogP contribution in [-0.2, 0) is 0 Å². The highest BCUT2D eigenvalue weighted by molar-refractivity contribution is 5.38. The monoisotopic (exact) mass is 248 g/mol. The summed E-state index contributed by atoms with van der Waals surface area (Å²) >= 11 is 0. The second-order valence-corrected chi connectivity index (χ2v) is 4.45. The smallest absolute Gasteiger partial charge is 0.0237 e. The Morgan fingerprint density at radius 3 is 1.94 bits per heavy atom. The summed E-state index contributed by atoms with van der Waals surface area (Å²) in [6.07, 6.45) is 17.0. The zero-order valence-electron chi connectivity index (χ0n) is 13.1. The van der Waals surface area contributed by atoms with Gasteiger partial charge in [-0.05, 0) is 25.8 Å². The minimum Gasteiger partial charge on any atom is -0.0955 e. The maximum atomic E-state index is 3.91. The molecule has 0 atom stereocenters. The van der Waals surface area contributed by atoms with Crippen LogP contribution in [0, 0.1) is 0 Å². The number of hydrogen-bond donors (Lipinski definition) is 0. The summed E-state index contributed by atoms with van der Waals surface area (Å²) in [5.41, 5.74) is 2.31. The molecular formula is C18H32. The molecule has 0 rings (SSSR count). The van der Waals surface area contributed by atoms with Crippen molar-refractivity contribution in [2.45, 2.75) is 66.7 Å². The minimum atomic E-state index is 1.07. The second kappa shape index (κ2) is 16.0. The highest BCUT2D eigenvalue weighted by Gasteiger charge is 1.88. The molecule has 0 heterocycles. The lowest BCUT2D eigenvalue weighted by atomic mass is 10.1. The van der Waals surface area contributed by atoms with Crippen LogP contribution in [0.4, 0.5) is 0 Å². The van der Waals surface area contributed by atoms with Crippen molar-refractivity contribution in [1.82, 2.24) is 0 Å². The Kier molecular flexibility index (Phi) is 17.1. The molecular weight excluding hydrogens is 216 g/mol. The molecule has 0 N–H and O–H groups in total. The average molecular weight is 248 g/mol. The van der Waals surface area contributed by atoms with Crippen molar-refractivity contribution in [1.29, 1.82) is 0 Å². The first kappa shape index (κ1) is 19.3. The highest BCUT2D eigenvalue weighted by Crippen LogP contribution is 2.08. The summed E-state index contributed by atoms with van der Waals surface area (Å²) in [4.78, 5) is 0. The molecule has 0 radical (unpaired) electrons. The Hall–Kier alpha value is -1.04. The summed E-state index contributed by atoms with van der Waals surface area (Å²) in [7, 11) is 0. The first-order valence-corrected chi connectivity index (χ1v) is 7.29. The van der Waals surface area contributed by atoms with Crippen LogP contribution in [0.15, 0.2) is 48.1 Å². The van der Waals surface area contributed by atoms with Gasteiger partial charge in [-0.1, -0.05) is 89.0 Å². The number of allylic oxidation sites excluding steroid dienone is 7. The molecule has 0 heteroatoms. The summed E-state index contributed by atoms with van der Waals surface area (Å²) in [5.74, 6) is 0. The maximum Gasteiger partial charge on any atom is -0.0237 e. The summed E-state index contributed by atoms with van der Waals surface area (Å²) in [5, 5.41) is 0. The van der Waals surface area contributed by atoms with Crippen molar-refractivity contribution in [3.05, 3.63) is 48.1 Å². The van der Waals surface area contributed by atoms with E-state index in [4.69, 9.17) is 0 Å². The highest BCUT2D eigenvalue weighted by atomic mass is 13.9. The lowest BCUT2D eigenvalue weighted by Gasteiger charge is -1.97. The van der Waals surface area contributed by atoms with Crippen LogP contribution < -0.4 is 0 Å². The van der Waals surface area contributed by atoms with E-state index in [0.717, 1.165) is 12.0 Å². The molecule has 0 aromatic rings. The van der Waals surface area contributed by atoms with Crippen LogP contribution in [0.5, 0.6) is 0 Å². The van der Waals surface area contributed by atoms with Crippen molar-refractivity contribution in [3.8, 4) is 0 Å². The van der Waals surface area contributed by atoms with Crippen LogP contribution in [-0.4, -0.2) is 0 Å². The van der Waals surface area contributed by atoms with Crippen molar-refractivity contribution < 1.29 is 0 Å². The Bertz CT molecular complexity index is 260. The Morgan fingerprint density at radius 2 is 1.61 bits per heavy atom. The summed E-state index contributed by atoms with van der Waals surface area (Å²) in [6, 6.07) is 0. The summed E-state index contributed by atoms with van der Waals surface area (Å²) < 4.78 is 0. The molecule has 104 valence electrons. The first-order valence-electron chi connectivity index (χ1n) is 7.29. The zero-order chi connectivity index (χ0) is 14.2. The van der Waals surface area contributed by atoms with Crippen LogP contribution in [0.3, 0.4) is 0 Å². The average Bonchev–Trinajstić information content (AvgIpc) is 2.37. The molecule has 0 unspecified atom stereocenters. The standard InChI is InChI=1S/C12H18.C6H14/c1-5-7-9-12(11(3)4)10-8-6-2;1-3-5-6-4-2/h5,7-10H,3,6H2,1-2,4H3;3-6H2,1-2H3/b7-5-,10-8-,12-9+;. The van der Waals surface area contributed by atoms with Gasteiger partial charge in [0, 0.05) is 0 Å². The molecule has 0 saturated carbocycles. The van der Waals surface area contributed by atoms with Gasteiger partial charge in [-0.15, -0.1) is 0 Å². The molecule has 0 amide bonds. The van der Waals surface area contributed by atoms with Gasteiger partial charge in [0.1, 0.15) is 0 Å². The van der Waals surface area contributed by atoms with Crippen molar-refractivity contribution in [2.24, 2.45) is 0 Å². The minimum absolute atomic E-state index is 1.07. The van der Waals surface area contributed by atoms with Gasteiger partial charge in [0.05, 0.1) is 0 Å². The fourth-order valence-electron chi connectivity index (χ4n) is 1.28. The van der Waals surface area contributed by atoms with E-state index in [0.29, 0.717) is 0 Å². The van der Waals surface area contributed by atoms with Gasteiger partial charge in [0.15, 0.2) is 0 Å². The normalized spacial score (nSPS) is 11.7. The molecule has 0 aliphatic rings. The van der Waals surface area contributed by atoms with E-state index in [2.05, 4.69) is 45.6 Å². The molecule has 0 bridgehead atoms. The summed E-state index contributed by atoms with van der Waals surface area (Å²) in [6.45, 7) is 14.5. The van der Waals surface area contributed by atoms with Crippen molar-refractivity contribution in [2.75, 3.05) is 0 Å². The van der Waals surface area contributed by atoms with Crippen LogP contribution in [0.25, 0.3) is 0 Å². The third kappa shape index (κ3) is 15.0. The van der Waals surface area contributed by atoms with E-state index >= 15 is 0 Å². The number of unbranched alkanes of at least 4 members (excludes halogenated alkanes) is 3. The molecule has 18 heavy (non-hydrogen) atoms. The largest absolute Gasteiger partial charge is 0.0955 e. The Labute approximate surface area is 115 Å². The fraction of sp³-hybridized carbons (Fsp3) is 0.556. The quantitative estimate of drug-likeness (QED) is 0.351. The third-order valence-electron chi connectivity index (χ3n) is 2.45. The van der Waals surface area contributed by atoms with Crippen molar-refractivity contribution in [3.63, 3.8) is 0 Å². The Morgan fingerprint density at radius 1 is 1.06 bits per heavy atom. The lowest BCUT2D eigenvalue weighted by Crippen LogP contribution is -1.77. The first-order chi connectivity index (χ1) is 8.63. The van der Waals surface area contributed by atoms with E-state index in [9.17, 15) is 0 Å². The molecule has 0 aliphatic carbocycles. The second-order valence-electron chi connectivity index (χ2n) is 4.45. The van der Waals surface area contributed by atoms with E-state index in [1.165, 1.54) is 31.3 Å². The van der Waals surface area contributed by atoms with E-state index in [1.807, 2.05) is 26.0 Å². The van der Waals surface area contributed by atoms with Crippen molar-refractivity contribution >= 4 is 0 Å². The fourth-order valence-corrected chi connectivity index (χ4v) is 1.28. The Balaban J connectivity index is 0. The molecule has 0 nitrogen and oxygen atoms in total. The van der Waals surface area contributed by atoms with E-state index < -0.39 is 0 Å². The molecule has 0 aliphatic heterocycles. The molecule has 0 spiro atoms. The topological polar surface area (TPSA) is 0 Å². The predicted molar refractivity (Wildman–Crippen MR) is 87.0 cm³/mol. The number of hydrogen-bond acceptors (Lipinski definition) is 0. The van der Waals surface area contributed by atoms with Gasteiger partial charge in [0.25, 0.3) is 0 Å². The van der Waals surface area contributed by atoms with Gasteiger partial charge in [-0.2, -0.15) is 0 Å². The SMILES string of the molecule is C=C(C)C(/C=C\CC)=C/C=C\C.CCCCCC. The van der Waals surface area contributed by atoms with E-state index in [-0.39, 0.29) is 0 Å². The third-order valence-corrected chi connectivity index (χ3v) is 2.45. The van der Waals surface area contributed by atoms with E-state index in [1.54, 1.807) is 0 Å². The molecule has 0 aromatic heterocycles. The van der Waals surface area contributed by atoms with Crippen LogP contribution in [0.2, 0.25) is 0 Å². The van der Waals surface area contributed by atoms with Crippen LogP contribution in [0.1, 0.15) is 66.7 Å².